The van der Waals surface area contributed by atoms with Gasteiger partial charge in [-0.05, 0) is 6.92 Å². The normalized spacial score (nSPS) is 10.0. The Morgan fingerprint density at radius 1 is 1.50 bits per heavy atom. The van der Waals surface area contributed by atoms with Crippen molar-refractivity contribution in [1.29, 1.82) is 0 Å². The van der Waals surface area contributed by atoms with Gasteiger partial charge in [0.05, 0.1) is 11.6 Å². The maximum atomic E-state index is 5.10. The van der Waals surface area contributed by atoms with Crippen LogP contribution in [-0.2, 0) is 6.54 Å². The van der Waals surface area contributed by atoms with Crippen molar-refractivity contribution in [3.05, 3.63) is 16.1 Å². The SMILES string of the molecule is C#CCNCCNCc1cnc(C)s1. The lowest BCUT2D eigenvalue weighted by atomic mass is 10.5. The fourth-order valence-corrected chi connectivity index (χ4v) is 1.80. The zero-order valence-electron chi connectivity index (χ0n) is 8.34. The fraction of sp³-hybridized carbons (Fsp3) is 0.500. The number of nitrogens with one attached hydrogen (secondary N) is 2. The molecule has 76 valence electrons. The molecule has 0 radical (unpaired) electrons. The van der Waals surface area contributed by atoms with Gasteiger partial charge >= 0.3 is 0 Å². The van der Waals surface area contributed by atoms with Crippen LogP contribution < -0.4 is 10.6 Å². The van der Waals surface area contributed by atoms with Crippen LogP contribution in [0.5, 0.6) is 0 Å². The predicted molar refractivity (Wildman–Crippen MR) is 60.3 cm³/mol. The van der Waals surface area contributed by atoms with Gasteiger partial charge in [-0.15, -0.1) is 17.8 Å². The monoisotopic (exact) mass is 209 g/mol. The third kappa shape index (κ3) is 4.38. The molecule has 0 aliphatic carbocycles. The van der Waals surface area contributed by atoms with Crippen molar-refractivity contribution in [3.8, 4) is 12.3 Å². The standard InChI is InChI=1S/C10H15N3S/c1-3-4-11-5-6-12-7-10-8-13-9(2)14-10/h1,8,11-12H,4-7H2,2H3. The molecule has 0 aliphatic rings. The topological polar surface area (TPSA) is 37.0 Å². The van der Waals surface area contributed by atoms with Gasteiger partial charge in [-0.1, -0.05) is 5.92 Å². The molecular weight excluding hydrogens is 194 g/mol. The van der Waals surface area contributed by atoms with E-state index < -0.39 is 0 Å². The van der Waals surface area contributed by atoms with E-state index in [1.165, 1.54) is 4.88 Å². The molecule has 0 aliphatic heterocycles. The molecule has 0 fully saturated rings. The van der Waals surface area contributed by atoms with Crippen molar-refractivity contribution in [2.24, 2.45) is 0 Å². The summed E-state index contributed by atoms with van der Waals surface area (Å²) in [5.74, 6) is 2.53. The first kappa shape index (κ1) is 11.2. The van der Waals surface area contributed by atoms with Crippen LogP contribution in [0.4, 0.5) is 0 Å². The van der Waals surface area contributed by atoms with E-state index in [2.05, 4.69) is 21.5 Å². The van der Waals surface area contributed by atoms with Crippen molar-refractivity contribution < 1.29 is 0 Å². The summed E-state index contributed by atoms with van der Waals surface area (Å²) in [6, 6.07) is 0. The Hall–Kier alpha value is -0.890. The summed E-state index contributed by atoms with van der Waals surface area (Å²) in [5, 5.41) is 7.55. The molecule has 0 saturated carbocycles. The maximum absolute atomic E-state index is 5.10. The largest absolute Gasteiger partial charge is 0.311 e. The number of terminal acetylenes is 1. The summed E-state index contributed by atoms with van der Waals surface area (Å²) < 4.78 is 0. The van der Waals surface area contributed by atoms with Gasteiger partial charge in [0.15, 0.2) is 0 Å². The maximum Gasteiger partial charge on any atom is 0.0897 e. The molecule has 1 heterocycles. The first-order chi connectivity index (χ1) is 6.83. The molecule has 0 saturated heterocycles. The van der Waals surface area contributed by atoms with Gasteiger partial charge in [0.2, 0.25) is 0 Å². The van der Waals surface area contributed by atoms with E-state index in [0.29, 0.717) is 6.54 Å². The van der Waals surface area contributed by atoms with E-state index in [-0.39, 0.29) is 0 Å². The molecule has 0 amide bonds. The first-order valence-corrected chi connectivity index (χ1v) is 5.41. The Labute approximate surface area is 88.9 Å². The average Bonchev–Trinajstić information content (AvgIpc) is 2.58. The smallest absolute Gasteiger partial charge is 0.0897 e. The van der Waals surface area contributed by atoms with E-state index in [9.17, 15) is 0 Å². The van der Waals surface area contributed by atoms with Gasteiger partial charge in [0.25, 0.3) is 0 Å². The van der Waals surface area contributed by atoms with Gasteiger partial charge < -0.3 is 10.6 Å². The lowest BCUT2D eigenvalue weighted by molar-refractivity contribution is 0.641. The van der Waals surface area contributed by atoms with Crippen LogP contribution >= 0.6 is 11.3 Å². The van der Waals surface area contributed by atoms with Gasteiger partial charge in [0.1, 0.15) is 0 Å². The minimum absolute atomic E-state index is 0.640. The summed E-state index contributed by atoms with van der Waals surface area (Å²) in [6.45, 7) is 5.38. The first-order valence-electron chi connectivity index (χ1n) is 4.59. The molecule has 0 spiro atoms. The Balaban J connectivity index is 2.02. The third-order valence-corrected chi connectivity index (χ3v) is 2.59. The molecule has 0 atom stereocenters. The van der Waals surface area contributed by atoms with Gasteiger partial charge in [-0.25, -0.2) is 4.98 Å². The Morgan fingerprint density at radius 2 is 2.29 bits per heavy atom. The number of rotatable bonds is 6. The second kappa shape index (κ2) is 6.55. The minimum Gasteiger partial charge on any atom is -0.311 e. The van der Waals surface area contributed by atoms with Crippen LogP contribution in [0.2, 0.25) is 0 Å². The number of hydrogen-bond donors (Lipinski definition) is 2. The fourth-order valence-electron chi connectivity index (χ4n) is 1.04. The van der Waals surface area contributed by atoms with E-state index in [4.69, 9.17) is 6.42 Å². The highest BCUT2D eigenvalue weighted by Crippen LogP contribution is 2.10. The Kier molecular flexibility index (Phi) is 5.23. The highest BCUT2D eigenvalue weighted by atomic mass is 32.1. The molecular formula is C10H15N3S. The molecule has 1 aromatic heterocycles. The number of thiazole rings is 1. The van der Waals surface area contributed by atoms with Crippen molar-refractivity contribution >= 4 is 11.3 Å². The molecule has 0 aromatic carbocycles. The second-order valence-electron chi connectivity index (χ2n) is 2.90. The molecule has 3 nitrogen and oxygen atoms in total. The molecule has 14 heavy (non-hydrogen) atoms. The van der Waals surface area contributed by atoms with Crippen molar-refractivity contribution in [3.63, 3.8) is 0 Å². The number of nitrogens with zero attached hydrogens (tertiary/aromatic N) is 1. The number of hydrogen-bond acceptors (Lipinski definition) is 4. The lowest BCUT2D eigenvalue weighted by Crippen LogP contribution is -2.26. The highest BCUT2D eigenvalue weighted by molar-refractivity contribution is 7.11. The minimum atomic E-state index is 0.640. The average molecular weight is 209 g/mol. The van der Waals surface area contributed by atoms with Crippen LogP contribution in [-0.4, -0.2) is 24.6 Å². The van der Waals surface area contributed by atoms with Crippen LogP contribution in [0.1, 0.15) is 9.88 Å². The molecule has 0 bridgehead atoms. The van der Waals surface area contributed by atoms with Gasteiger partial charge in [-0.2, -0.15) is 0 Å². The van der Waals surface area contributed by atoms with Crippen molar-refractivity contribution in [1.82, 2.24) is 15.6 Å². The molecule has 0 unspecified atom stereocenters. The Bertz CT molecular complexity index is 301. The zero-order valence-corrected chi connectivity index (χ0v) is 9.16. The summed E-state index contributed by atoms with van der Waals surface area (Å²) in [5.41, 5.74) is 0. The van der Waals surface area contributed by atoms with E-state index in [0.717, 1.165) is 24.6 Å². The second-order valence-corrected chi connectivity index (χ2v) is 4.22. The van der Waals surface area contributed by atoms with Crippen molar-refractivity contribution in [2.45, 2.75) is 13.5 Å². The number of aryl methyl sites for hydroxylation is 1. The zero-order chi connectivity index (χ0) is 10.2. The lowest BCUT2D eigenvalue weighted by Gasteiger charge is -2.02. The van der Waals surface area contributed by atoms with E-state index >= 15 is 0 Å². The predicted octanol–water partition coefficient (Wildman–Crippen LogP) is 0.764. The van der Waals surface area contributed by atoms with Crippen LogP contribution in [0.3, 0.4) is 0 Å². The Morgan fingerprint density at radius 3 is 2.93 bits per heavy atom. The summed E-state index contributed by atoms with van der Waals surface area (Å²) in [6.07, 6.45) is 7.02. The van der Waals surface area contributed by atoms with Crippen LogP contribution in [0, 0.1) is 19.3 Å². The van der Waals surface area contributed by atoms with Gasteiger partial charge in [-0.3, -0.25) is 0 Å². The van der Waals surface area contributed by atoms with Crippen LogP contribution in [0.25, 0.3) is 0 Å². The van der Waals surface area contributed by atoms with Gasteiger partial charge in [0, 0.05) is 30.7 Å². The molecule has 1 aromatic rings. The molecule has 1 rings (SSSR count). The van der Waals surface area contributed by atoms with Crippen LogP contribution in [0.15, 0.2) is 6.20 Å². The summed E-state index contributed by atoms with van der Waals surface area (Å²) in [7, 11) is 0. The summed E-state index contributed by atoms with van der Waals surface area (Å²) >= 11 is 1.73. The molecule has 2 N–H and O–H groups in total. The van der Waals surface area contributed by atoms with E-state index in [1.54, 1.807) is 11.3 Å². The highest BCUT2D eigenvalue weighted by Gasteiger charge is 1.96. The van der Waals surface area contributed by atoms with E-state index in [1.807, 2.05) is 13.1 Å². The van der Waals surface area contributed by atoms with Crippen molar-refractivity contribution in [2.75, 3.05) is 19.6 Å². The quantitative estimate of drug-likeness (QED) is 0.536. The summed E-state index contributed by atoms with van der Waals surface area (Å²) in [4.78, 5) is 5.46. The molecule has 4 heteroatoms. The number of aromatic nitrogens is 1. The third-order valence-electron chi connectivity index (χ3n) is 1.67.